The Morgan fingerprint density at radius 3 is 2.37 bits per heavy atom. The highest BCUT2D eigenvalue weighted by atomic mass is 19.4. The quantitative estimate of drug-likeness (QED) is 0.173. The van der Waals surface area contributed by atoms with Gasteiger partial charge in [0.05, 0.1) is 27.7 Å². The van der Waals surface area contributed by atoms with Crippen molar-refractivity contribution in [1.82, 2.24) is 5.43 Å². The lowest BCUT2D eigenvalue weighted by atomic mass is 10.2. The lowest BCUT2D eigenvalue weighted by Crippen LogP contribution is -2.24. The first kappa shape index (κ1) is 27.3. The fourth-order valence-electron chi connectivity index (χ4n) is 2.98. The zero-order valence-corrected chi connectivity index (χ0v) is 19.0. The summed E-state index contributed by atoms with van der Waals surface area (Å²) in [6.07, 6.45) is -4.13. The molecule has 0 aliphatic heterocycles. The Morgan fingerprint density at radius 2 is 1.68 bits per heavy atom. The number of carbonyl (C=O) groups is 2. The summed E-state index contributed by atoms with van der Waals surface area (Å²) in [7, 11) is 0. The van der Waals surface area contributed by atoms with Crippen LogP contribution in [0.4, 0.5) is 30.2 Å². The number of ether oxygens (including phenoxy) is 1. The second-order valence-corrected chi connectivity index (χ2v) is 7.44. The van der Waals surface area contributed by atoms with E-state index in [4.69, 9.17) is 4.74 Å². The van der Waals surface area contributed by atoms with Gasteiger partial charge in [0.2, 0.25) is 17.6 Å². The molecule has 0 unspecified atom stereocenters. The molecule has 0 saturated carbocycles. The Hall–Kier alpha value is -5.34. The van der Waals surface area contributed by atoms with Crippen LogP contribution in [-0.4, -0.2) is 27.9 Å². The van der Waals surface area contributed by atoms with E-state index in [1.807, 2.05) is 0 Å². The number of hydrazone groups is 1. The van der Waals surface area contributed by atoms with Crippen LogP contribution in [0.5, 0.6) is 11.5 Å². The third kappa shape index (κ3) is 7.58. The molecule has 12 nitrogen and oxygen atoms in total. The van der Waals surface area contributed by atoms with E-state index < -0.39 is 51.2 Å². The third-order valence-corrected chi connectivity index (χ3v) is 4.63. The molecule has 0 aliphatic carbocycles. The monoisotopic (exact) mass is 531 g/mol. The molecule has 15 heteroatoms. The zero-order chi connectivity index (χ0) is 27.9. The number of alkyl halides is 3. The summed E-state index contributed by atoms with van der Waals surface area (Å²) >= 11 is 0. The molecule has 3 rings (SSSR count). The van der Waals surface area contributed by atoms with Crippen LogP contribution in [0.1, 0.15) is 17.5 Å². The lowest BCUT2D eigenvalue weighted by Gasteiger charge is -2.09. The maximum atomic E-state index is 12.8. The van der Waals surface area contributed by atoms with E-state index in [1.165, 1.54) is 30.5 Å². The van der Waals surface area contributed by atoms with E-state index in [0.717, 1.165) is 36.4 Å². The van der Waals surface area contributed by atoms with E-state index in [2.05, 4.69) is 15.8 Å². The molecule has 0 aliphatic rings. The minimum absolute atomic E-state index is 0.123. The number of halogens is 3. The maximum Gasteiger partial charge on any atom is 0.416 e. The fraction of sp³-hybridized carbons (Fsp3) is 0.0870. The molecule has 0 bridgehead atoms. The number of nitro benzene ring substituents is 2. The molecule has 0 aromatic heterocycles. The Kier molecular flexibility index (Phi) is 8.32. The van der Waals surface area contributed by atoms with Crippen molar-refractivity contribution in [2.75, 3.05) is 5.32 Å². The number of benzene rings is 3. The summed E-state index contributed by atoms with van der Waals surface area (Å²) in [5, 5.41) is 28.0. The van der Waals surface area contributed by atoms with Crippen LogP contribution < -0.4 is 15.5 Å². The van der Waals surface area contributed by atoms with Gasteiger partial charge in [-0.1, -0.05) is 18.2 Å². The molecule has 0 radical (unpaired) electrons. The van der Waals surface area contributed by atoms with Crippen LogP contribution in [0.3, 0.4) is 0 Å². The lowest BCUT2D eigenvalue weighted by molar-refractivity contribution is -0.394. The van der Waals surface area contributed by atoms with Crippen LogP contribution in [0.2, 0.25) is 0 Å². The molecule has 2 N–H and O–H groups in total. The number of nitro groups is 2. The van der Waals surface area contributed by atoms with E-state index >= 15 is 0 Å². The van der Waals surface area contributed by atoms with Crippen molar-refractivity contribution < 1.29 is 37.3 Å². The Morgan fingerprint density at radius 1 is 0.947 bits per heavy atom. The van der Waals surface area contributed by atoms with Gasteiger partial charge in [0.15, 0.2) is 0 Å². The molecule has 38 heavy (non-hydrogen) atoms. The van der Waals surface area contributed by atoms with Gasteiger partial charge < -0.3 is 10.1 Å². The van der Waals surface area contributed by atoms with Gasteiger partial charge in [-0.3, -0.25) is 29.8 Å². The van der Waals surface area contributed by atoms with Crippen molar-refractivity contribution in [2.45, 2.75) is 12.6 Å². The number of amides is 2. The highest BCUT2D eigenvalue weighted by Gasteiger charge is 2.30. The van der Waals surface area contributed by atoms with E-state index in [-0.39, 0.29) is 17.2 Å². The van der Waals surface area contributed by atoms with Gasteiger partial charge in [-0.05, 0) is 42.0 Å². The maximum absolute atomic E-state index is 12.8. The van der Waals surface area contributed by atoms with Crippen molar-refractivity contribution in [3.8, 4) is 11.5 Å². The fourth-order valence-corrected chi connectivity index (χ4v) is 2.98. The standard InChI is InChI=1S/C23H16F3N5O7/c24-23(25,26)15-4-2-5-16(10-15)28-21(32)12-22(33)29-27-13-14-3-1-6-18(9-14)38-20-8-7-17(30(34)35)11-19(20)31(36)37/h1-11,13H,12H2,(H,28,32)(H,29,33). The largest absolute Gasteiger partial charge is 0.450 e. The average molecular weight is 531 g/mol. The number of nitrogens with zero attached hydrogens (tertiary/aromatic N) is 3. The average Bonchev–Trinajstić information content (AvgIpc) is 2.84. The summed E-state index contributed by atoms with van der Waals surface area (Å²) in [6, 6.07) is 12.7. The number of nitrogens with one attached hydrogen (secondary N) is 2. The van der Waals surface area contributed by atoms with E-state index in [1.54, 1.807) is 6.07 Å². The summed E-state index contributed by atoms with van der Waals surface area (Å²) in [5.74, 6) is -1.83. The predicted octanol–water partition coefficient (Wildman–Crippen LogP) is 4.79. The second-order valence-electron chi connectivity index (χ2n) is 7.44. The molecule has 0 spiro atoms. The number of hydrogen-bond donors (Lipinski definition) is 2. The summed E-state index contributed by atoms with van der Waals surface area (Å²) in [4.78, 5) is 44.4. The predicted molar refractivity (Wildman–Crippen MR) is 127 cm³/mol. The molecule has 0 heterocycles. The van der Waals surface area contributed by atoms with Crippen molar-refractivity contribution in [3.63, 3.8) is 0 Å². The molecular formula is C23H16F3N5O7. The molecule has 2 amide bonds. The number of non-ortho nitro benzene ring substituents is 1. The molecule has 3 aromatic rings. The summed E-state index contributed by atoms with van der Waals surface area (Å²) in [6.45, 7) is 0. The van der Waals surface area contributed by atoms with Gasteiger partial charge >= 0.3 is 11.9 Å². The number of carbonyl (C=O) groups excluding carboxylic acids is 2. The van der Waals surface area contributed by atoms with Crippen LogP contribution in [0.25, 0.3) is 0 Å². The summed E-state index contributed by atoms with van der Waals surface area (Å²) in [5.41, 5.74) is 0.273. The number of rotatable bonds is 9. The van der Waals surface area contributed by atoms with Crippen molar-refractivity contribution in [2.24, 2.45) is 5.10 Å². The van der Waals surface area contributed by atoms with E-state index in [9.17, 15) is 43.0 Å². The summed E-state index contributed by atoms with van der Waals surface area (Å²) < 4.78 is 43.8. The minimum Gasteiger partial charge on any atom is -0.450 e. The first-order chi connectivity index (χ1) is 17.9. The Labute approximate surface area is 211 Å². The smallest absolute Gasteiger partial charge is 0.416 e. The zero-order valence-electron chi connectivity index (χ0n) is 19.0. The first-order valence-corrected chi connectivity index (χ1v) is 10.4. The van der Waals surface area contributed by atoms with Crippen molar-refractivity contribution in [1.29, 1.82) is 0 Å². The normalized spacial score (nSPS) is 11.1. The Balaban J connectivity index is 1.59. The minimum atomic E-state index is -4.59. The van der Waals surface area contributed by atoms with Crippen LogP contribution in [-0.2, 0) is 15.8 Å². The highest BCUT2D eigenvalue weighted by Crippen LogP contribution is 2.34. The molecule has 0 atom stereocenters. The molecule has 3 aromatic carbocycles. The Bertz CT molecular complexity index is 1430. The van der Waals surface area contributed by atoms with Gasteiger partial charge in [-0.15, -0.1) is 0 Å². The topological polar surface area (TPSA) is 166 Å². The second kappa shape index (κ2) is 11.6. The van der Waals surface area contributed by atoms with Gasteiger partial charge in [0.1, 0.15) is 12.2 Å². The highest BCUT2D eigenvalue weighted by molar-refractivity contribution is 6.03. The van der Waals surface area contributed by atoms with Crippen LogP contribution >= 0.6 is 0 Å². The van der Waals surface area contributed by atoms with Crippen LogP contribution in [0.15, 0.2) is 71.8 Å². The first-order valence-electron chi connectivity index (χ1n) is 10.4. The van der Waals surface area contributed by atoms with Gasteiger partial charge in [-0.2, -0.15) is 18.3 Å². The van der Waals surface area contributed by atoms with Gasteiger partial charge in [0.25, 0.3) is 5.69 Å². The van der Waals surface area contributed by atoms with Crippen molar-refractivity contribution >= 4 is 35.1 Å². The van der Waals surface area contributed by atoms with Gasteiger partial charge in [-0.25, -0.2) is 5.43 Å². The molecular weight excluding hydrogens is 515 g/mol. The van der Waals surface area contributed by atoms with Crippen LogP contribution in [0, 0.1) is 20.2 Å². The SMILES string of the molecule is O=C(CC(=O)Nc1cccc(C(F)(F)F)c1)NN=Cc1cccc(Oc2ccc([N+](=O)[O-])cc2[N+](=O)[O-])c1. The molecule has 0 saturated heterocycles. The van der Waals surface area contributed by atoms with Gasteiger partial charge in [0, 0.05) is 11.8 Å². The number of hydrogen-bond acceptors (Lipinski definition) is 8. The number of anilines is 1. The van der Waals surface area contributed by atoms with E-state index in [0.29, 0.717) is 5.56 Å². The molecule has 0 fully saturated rings. The molecule has 196 valence electrons. The van der Waals surface area contributed by atoms with Crippen molar-refractivity contribution in [3.05, 3.63) is 98.1 Å². The third-order valence-electron chi connectivity index (χ3n) is 4.63.